The average Bonchev–Trinajstić information content (AvgIpc) is 3.26. The van der Waals surface area contributed by atoms with Crippen LogP contribution in [0.25, 0.3) is 0 Å². The SMILES string of the molecule is CC([Si]c1ccccc1)(c1cccs1)[Si](c1ccccc1)c1ccccc1. The molecule has 0 bridgehead atoms. The summed E-state index contributed by atoms with van der Waals surface area (Å²) in [6.45, 7) is 2.48. The Hall–Kier alpha value is -2.21. The Kier molecular flexibility index (Phi) is 5.53. The molecule has 0 aliphatic rings. The molecule has 27 heavy (non-hydrogen) atoms. The zero-order valence-electron chi connectivity index (χ0n) is 15.3. The van der Waals surface area contributed by atoms with E-state index in [-0.39, 0.29) is 4.66 Å². The molecule has 0 saturated heterocycles. The predicted octanol–water partition coefficient (Wildman–Crippen LogP) is 3.84. The summed E-state index contributed by atoms with van der Waals surface area (Å²) in [5.41, 5.74) is 0. The van der Waals surface area contributed by atoms with Crippen LogP contribution in [0.2, 0.25) is 0 Å². The molecule has 4 aromatic rings. The van der Waals surface area contributed by atoms with Crippen molar-refractivity contribution in [2.24, 2.45) is 0 Å². The Morgan fingerprint density at radius 3 is 1.67 bits per heavy atom. The van der Waals surface area contributed by atoms with Crippen LogP contribution in [0, 0.1) is 0 Å². The molecule has 0 saturated carbocycles. The van der Waals surface area contributed by atoms with Gasteiger partial charge in [-0.2, -0.15) is 0 Å². The van der Waals surface area contributed by atoms with Crippen molar-refractivity contribution in [1.29, 1.82) is 0 Å². The van der Waals surface area contributed by atoms with E-state index >= 15 is 0 Å². The minimum atomic E-state index is -1.03. The van der Waals surface area contributed by atoms with Gasteiger partial charge >= 0.3 is 0 Å². The van der Waals surface area contributed by atoms with Gasteiger partial charge in [-0.15, -0.1) is 11.3 Å². The van der Waals surface area contributed by atoms with Crippen LogP contribution < -0.4 is 15.6 Å². The van der Waals surface area contributed by atoms with E-state index in [4.69, 9.17) is 0 Å². The lowest BCUT2D eigenvalue weighted by molar-refractivity contribution is 0.969. The minimum absolute atomic E-state index is 0.100. The Bertz CT molecular complexity index is 914. The largest absolute Gasteiger partial charge is 0.149 e. The second kappa shape index (κ2) is 8.21. The van der Waals surface area contributed by atoms with Gasteiger partial charge in [0.1, 0.15) is 8.80 Å². The van der Waals surface area contributed by atoms with Gasteiger partial charge in [-0.05, 0) is 11.4 Å². The first kappa shape index (κ1) is 18.2. The molecule has 1 atom stereocenters. The van der Waals surface area contributed by atoms with Gasteiger partial charge in [0, 0.05) is 9.54 Å². The van der Waals surface area contributed by atoms with E-state index in [1.165, 1.54) is 20.4 Å². The molecule has 0 N–H and O–H groups in total. The van der Waals surface area contributed by atoms with Crippen LogP contribution in [-0.4, -0.2) is 18.3 Å². The Balaban J connectivity index is 1.89. The van der Waals surface area contributed by atoms with Gasteiger partial charge in [0.05, 0.1) is 9.52 Å². The van der Waals surface area contributed by atoms with Crippen molar-refractivity contribution < 1.29 is 0 Å². The van der Waals surface area contributed by atoms with E-state index in [0.717, 1.165) is 9.52 Å². The van der Waals surface area contributed by atoms with Crippen LogP contribution in [0.4, 0.5) is 0 Å². The maximum Gasteiger partial charge on any atom is 0.129 e. The molecule has 0 aliphatic carbocycles. The molecule has 0 fully saturated rings. The maximum atomic E-state index is 2.48. The molecule has 1 unspecified atom stereocenters. The van der Waals surface area contributed by atoms with Crippen molar-refractivity contribution >= 4 is 45.2 Å². The van der Waals surface area contributed by atoms with E-state index in [0.29, 0.717) is 0 Å². The summed E-state index contributed by atoms with van der Waals surface area (Å²) < 4.78 is 0.100. The lowest BCUT2D eigenvalue weighted by Crippen LogP contribution is -2.61. The Labute approximate surface area is 170 Å². The van der Waals surface area contributed by atoms with E-state index in [2.05, 4.69) is 115 Å². The summed E-state index contributed by atoms with van der Waals surface area (Å²) in [5, 5.41) is 6.61. The molecule has 4 rings (SSSR count). The third kappa shape index (κ3) is 3.91. The third-order valence-electron chi connectivity index (χ3n) is 4.81. The molecule has 3 aromatic carbocycles. The number of hydrogen-bond donors (Lipinski definition) is 0. The van der Waals surface area contributed by atoms with Gasteiger partial charge < -0.3 is 0 Å². The standard InChI is InChI=1S/C24H21SSi2/c1-24(23-18-11-19-25-23,26-20-12-5-2-6-13-20)27(21-14-7-3-8-15-21)22-16-9-4-10-17-22/h2-19H,1H3. The molecule has 0 amide bonds. The fraction of sp³-hybridized carbons (Fsp3) is 0.0833. The predicted molar refractivity (Wildman–Crippen MR) is 121 cm³/mol. The van der Waals surface area contributed by atoms with Crippen molar-refractivity contribution in [3.63, 3.8) is 0 Å². The Morgan fingerprint density at radius 2 is 1.19 bits per heavy atom. The van der Waals surface area contributed by atoms with E-state index in [9.17, 15) is 0 Å². The van der Waals surface area contributed by atoms with Gasteiger partial charge in [0.25, 0.3) is 0 Å². The van der Waals surface area contributed by atoms with Crippen LogP contribution >= 0.6 is 11.3 Å². The summed E-state index contributed by atoms with van der Waals surface area (Å²) in [4.78, 5) is 1.49. The summed E-state index contributed by atoms with van der Waals surface area (Å²) in [5.74, 6) is 0. The quantitative estimate of drug-likeness (QED) is 0.434. The highest BCUT2D eigenvalue weighted by molar-refractivity contribution is 7.12. The lowest BCUT2D eigenvalue weighted by Gasteiger charge is -2.36. The first-order valence-corrected chi connectivity index (χ1v) is 12.5. The number of thiophene rings is 1. The highest BCUT2D eigenvalue weighted by atomic mass is 32.1. The monoisotopic (exact) mass is 397 g/mol. The summed E-state index contributed by atoms with van der Waals surface area (Å²) in [6.07, 6.45) is 0. The van der Waals surface area contributed by atoms with Crippen LogP contribution in [0.1, 0.15) is 11.8 Å². The van der Waals surface area contributed by atoms with Crippen LogP contribution in [-0.2, 0) is 4.66 Å². The van der Waals surface area contributed by atoms with Crippen molar-refractivity contribution in [1.82, 2.24) is 0 Å². The van der Waals surface area contributed by atoms with Gasteiger partial charge in [0.15, 0.2) is 0 Å². The van der Waals surface area contributed by atoms with Crippen LogP contribution in [0.5, 0.6) is 0 Å². The summed E-state index contributed by atoms with van der Waals surface area (Å²) in [7, 11) is -0.304. The smallest absolute Gasteiger partial charge is 0.129 e. The van der Waals surface area contributed by atoms with E-state index in [1.807, 2.05) is 11.3 Å². The molecule has 131 valence electrons. The van der Waals surface area contributed by atoms with E-state index < -0.39 is 8.80 Å². The van der Waals surface area contributed by atoms with Crippen molar-refractivity contribution in [3.05, 3.63) is 113 Å². The highest BCUT2D eigenvalue weighted by Crippen LogP contribution is 2.30. The molecule has 1 aromatic heterocycles. The second-order valence-corrected chi connectivity index (χ2v) is 12.9. The lowest BCUT2D eigenvalue weighted by atomic mass is 10.3. The first-order chi connectivity index (χ1) is 13.3. The first-order valence-electron chi connectivity index (χ1n) is 9.13. The molecular weight excluding hydrogens is 377 g/mol. The number of hydrogen-bond acceptors (Lipinski definition) is 1. The molecule has 1 heterocycles. The molecule has 0 spiro atoms. The normalized spacial score (nSPS) is 13.4. The molecule has 3 heteroatoms. The van der Waals surface area contributed by atoms with Gasteiger partial charge in [-0.3, -0.25) is 0 Å². The Morgan fingerprint density at radius 1 is 0.667 bits per heavy atom. The van der Waals surface area contributed by atoms with Crippen LogP contribution in [0.15, 0.2) is 109 Å². The van der Waals surface area contributed by atoms with Gasteiger partial charge in [-0.1, -0.05) is 120 Å². The molecular formula is C24H21SSi2. The van der Waals surface area contributed by atoms with Crippen molar-refractivity contribution in [2.45, 2.75) is 11.6 Å². The second-order valence-electron chi connectivity index (χ2n) is 6.70. The maximum absolute atomic E-state index is 2.48. The number of benzene rings is 3. The average molecular weight is 398 g/mol. The minimum Gasteiger partial charge on any atom is -0.149 e. The van der Waals surface area contributed by atoms with Crippen molar-refractivity contribution in [2.75, 3.05) is 0 Å². The topological polar surface area (TPSA) is 0 Å². The zero-order chi connectivity index (χ0) is 18.5. The fourth-order valence-electron chi connectivity index (χ4n) is 3.57. The van der Waals surface area contributed by atoms with Crippen LogP contribution in [0.3, 0.4) is 0 Å². The summed E-state index contributed by atoms with van der Waals surface area (Å²) in [6, 6.07) is 37.8. The number of rotatable bonds is 6. The fourth-order valence-corrected chi connectivity index (χ4v) is 10.9. The summed E-state index contributed by atoms with van der Waals surface area (Å²) >= 11 is 1.90. The van der Waals surface area contributed by atoms with Gasteiger partial charge in [-0.25, -0.2) is 0 Å². The van der Waals surface area contributed by atoms with Crippen molar-refractivity contribution in [3.8, 4) is 0 Å². The highest BCUT2D eigenvalue weighted by Gasteiger charge is 2.41. The molecule has 0 nitrogen and oxygen atoms in total. The van der Waals surface area contributed by atoms with Gasteiger partial charge in [0.2, 0.25) is 0 Å². The third-order valence-corrected chi connectivity index (χ3v) is 11.9. The zero-order valence-corrected chi connectivity index (χ0v) is 18.1. The molecule has 0 aliphatic heterocycles. The van der Waals surface area contributed by atoms with E-state index in [1.54, 1.807) is 0 Å². The molecule has 3 radical (unpaired) electrons.